The van der Waals surface area contributed by atoms with Gasteiger partial charge in [0.15, 0.2) is 5.13 Å². The Morgan fingerprint density at radius 1 is 1.40 bits per heavy atom. The number of imidazole rings is 1. The van der Waals surface area contributed by atoms with Gasteiger partial charge in [-0.05, 0) is 6.07 Å². The Kier molecular flexibility index (Phi) is 4.22. The SMILES string of the molecule is CN(C)c1nc2sc(C(=O)N3CCNCC3c3nccn3C)cc2s1. The number of piperazine rings is 1. The fourth-order valence-electron chi connectivity index (χ4n) is 3.04. The molecule has 4 rings (SSSR count). The molecule has 1 aliphatic heterocycles. The molecule has 0 aliphatic carbocycles. The number of rotatable bonds is 3. The van der Waals surface area contributed by atoms with E-state index in [-0.39, 0.29) is 11.9 Å². The van der Waals surface area contributed by atoms with Crippen LogP contribution < -0.4 is 10.2 Å². The molecular formula is C16H20N6OS2. The number of aryl methyl sites for hydroxylation is 1. The first-order chi connectivity index (χ1) is 12.0. The summed E-state index contributed by atoms with van der Waals surface area (Å²) >= 11 is 3.09. The predicted molar refractivity (Wildman–Crippen MR) is 102 cm³/mol. The van der Waals surface area contributed by atoms with Crippen LogP contribution in [0.25, 0.3) is 9.53 Å². The molecule has 3 aromatic heterocycles. The summed E-state index contributed by atoms with van der Waals surface area (Å²) in [4.78, 5) is 27.8. The third-order valence-corrected chi connectivity index (χ3v) is 6.65. The Morgan fingerprint density at radius 3 is 2.92 bits per heavy atom. The van der Waals surface area contributed by atoms with Gasteiger partial charge in [0.05, 0.1) is 9.58 Å². The van der Waals surface area contributed by atoms with E-state index in [9.17, 15) is 4.79 Å². The number of nitrogens with one attached hydrogen (secondary N) is 1. The van der Waals surface area contributed by atoms with Crippen molar-refractivity contribution in [3.63, 3.8) is 0 Å². The second kappa shape index (κ2) is 6.40. The summed E-state index contributed by atoms with van der Waals surface area (Å²) in [5.74, 6) is 0.975. The summed E-state index contributed by atoms with van der Waals surface area (Å²) in [6.07, 6.45) is 3.70. The fraction of sp³-hybridized carbons (Fsp3) is 0.438. The maximum absolute atomic E-state index is 13.1. The van der Waals surface area contributed by atoms with Crippen LogP contribution in [0.2, 0.25) is 0 Å². The van der Waals surface area contributed by atoms with Crippen molar-refractivity contribution in [3.05, 3.63) is 29.2 Å². The Bertz CT molecular complexity index is 879. The number of carbonyl (C=O) groups is 1. The zero-order valence-corrected chi connectivity index (χ0v) is 16.0. The van der Waals surface area contributed by atoms with Crippen molar-refractivity contribution in [1.29, 1.82) is 0 Å². The second-order valence-electron chi connectivity index (χ2n) is 6.29. The number of fused-ring (bicyclic) bond motifs is 1. The molecule has 4 heterocycles. The molecule has 0 spiro atoms. The van der Waals surface area contributed by atoms with Gasteiger partial charge < -0.3 is 19.7 Å². The van der Waals surface area contributed by atoms with E-state index >= 15 is 0 Å². The normalized spacial score (nSPS) is 18.0. The number of hydrogen-bond donors (Lipinski definition) is 1. The number of thiazole rings is 1. The van der Waals surface area contributed by atoms with E-state index in [1.807, 2.05) is 47.8 Å². The summed E-state index contributed by atoms with van der Waals surface area (Å²) in [6.45, 7) is 2.20. The zero-order chi connectivity index (χ0) is 17.6. The number of aromatic nitrogens is 3. The quantitative estimate of drug-likeness (QED) is 0.757. The fourth-order valence-corrected chi connectivity index (χ4v) is 5.13. The van der Waals surface area contributed by atoms with E-state index < -0.39 is 0 Å². The van der Waals surface area contributed by atoms with E-state index in [2.05, 4.69) is 15.3 Å². The van der Waals surface area contributed by atoms with Crippen LogP contribution in [0.15, 0.2) is 18.5 Å². The van der Waals surface area contributed by atoms with Crippen molar-refractivity contribution in [3.8, 4) is 0 Å². The van der Waals surface area contributed by atoms with Gasteiger partial charge >= 0.3 is 0 Å². The highest BCUT2D eigenvalue weighted by Crippen LogP contribution is 2.35. The maximum atomic E-state index is 13.1. The number of nitrogens with zero attached hydrogens (tertiary/aromatic N) is 5. The average Bonchev–Trinajstić information content (AvgIpc) is 3.28. The van der Waals surface area contributed by atoms with Gasteiger partial charge in [-0.25, -0.2) is 9.97 Å². The van der Waals surface area contributed by atoms with Crippen LogP contribution in [0.5, 0.6) is 0 Å². The van der Waals surface area contributed by atoms with Gasteiger partial charge in [-0.2, -0.15) is 0 Å². The first-order valence-corrected chi connectivity index (χ1v) is 9.74. The van der Waals surface area contributed by atoms with Gasteiger partial charge in [0.2, 0.25) is 0 Å². The van der Waals surface area contributed by atoms with E-state index in [1.54, 1.807) is 17.5 Å². The molecule has 9 heteroatoms. The Balaban J connectivity index is 1.64. The van der Waals surface area contributed by atoms with Gasteiger partial charge in [-0.3, -0.25) is 4.79 Å². The number of thiophene rings is 1. The number of carbonyl (C=O) groups excluding carboxylic acids is 1. The van der Waals surface area contributed by atoms with Gasteiger partial charge in [-0.15, -0.1) is 11.3 Å². The molecule has 1 saturated heterocycles. The predicted octanol–water partition coefficient (Wildman–Crippen LogP) is 1.94. The van der Waals surface area contributed by atoms with E-state index in [0.29, 0.717) is 6.54 Å². The Morgan fingerprint density at radius 2 is 2.24 bits per heavy atom. The minimum Gasteiger partial charge on any atom is -0.354 e. The number of amides is 1. The topological polar surface area (TPSA) is 66.3 Å². The molecule has 1 fully saturated rings. The number of anilines is 1. The van der Waals surface area contributed by atoms with Crippen molar-refractivity contribution < 1.29 is 4.79 Å². The van der Waals surface area contributed by atoms with Gasteiger partial charge in [-0.1, -0.05) is 11.3 Å². The van der Waals surface area contributed by atoms with E-state index in [4.69, 9.17) is 0 Å². The smallest absolute Gasteiger partial charge is 0.264 e. The molecule has 3 aromatic rings. The maximum Gasteiger partial charge on any atom is 0.264 e. The van der Waals surface area contributed by atoms with Crippen molar-refractivity contribution in [2.45, 2.75) is 6.04 Å². The van der Waals surface area contributed by atoms with Crippen molar-refractivity contribution >= 4 is 43.2 Å². The molecule has 0 bridgehead atoms. The summed E-state index contributed by atoms with van der Waals surface area (Å²) in [7, 11) is 5.92. The lowest BCUT2D eigenvalue weighted by Gasteiger charge is -2.35. The van der Waals surface area contributed by atoms with Gasteiger partial charge in [0, 0.05) is 53.2 Å². The van der Waals surface area contributed by atoms with E-state index in [1.165, 1.54) is 11.3 Å². The molecule has 1 N–H and O–H groups in total. The number of hydrogen-bond acceptors (Lipinski definition) is 7. The Hall–Kier alpha value is -1.97. The molecule has 1 atom stereocenters. The van der Waals surface area contributed by atoms with Crippen LogP contribution in [0, 0.1) is 0 Å². The highest BCUT2D eigenvalue weighted by molar-refractivity contribution is 7.29. The average molecular weight is 377 g/mol. The van der Waals surface area contributed by atoms with Crippen molar-refractivity contribution in [1.82, 2.24) is 24.8 Å². The van der Waals surface area contributed by atoms with Crippen LogP contribution in [-0.4, -0.2) is 59.1 Å². The first kappa shape index (κ1) is 16.5. The monoisotopic (exact) mass is 376 g/mol. The molecule has 132 valence electrons. The molecule has 0 radical (unpaired) electrons. The molecule has 0 saturated carbocycles. The Labute approximate surface area is 153 Å². The standard InChI is InChI=1S/C16H20N6OS2/c1-20(2)16-19-14-11(25-16)8-12(24-14)15(23)22-7-4-17-9-10(22)13-18-5-6-21(13)3/h5-6,8,10,17H,4,7,9H2,1-3H3. The minimum atomic E-state index is -0.0494. The molecule has 25 heavy (non-hydrogen) atoms. The molecule has 1 aliphatic rings. The molecule has 7 nitrogen and oxygen atoms in total. The largest absolute Gasteiger partial charge is 0.354 e. The van der Waals surface area contributed by atoms with E-state index in [0.717, 1.165) is 38.5 Å². The molecule has 1 unspecified atom stereocenters. The second-order valence-corrected chi connectivity index (χ2v) is 8.33. The molecular weight excluding hydrogens is 356 g/mol. The molecule has 1 amide bonds. The van der Waals surface area contributed by atoms with Gasteiger partial charge in [0.1, 0.15) is 16.7 Å². The highest BCUT2D eigenvalue weighted by Gasteiger charge is 2.32. The summed E-state index contributed by atoms with van der Waals surface area (Å²) in [6, 6.07) is 1.93. The summed E-state index contributed by atoms with van der Waals surface area (Å²) < 4.78 is 3.05. The lowest BCUT2D eigenvalue weighted by atomic mass is 10.1. The minimum absolute atomic E-state index is 0.0494. The van der Waals surface area contributed by atoms with Crippen LogP contribution in [0.3, 0.4) is 0 Å². The molecule has 0 aromatic carbocycles. The van der Waals surface area contributed by atoms with Crippen molar-refractivity contribution in [2.75, 3.05) is 38.6 Å². The third-order valence-electron chi connectivity index (χ3n) is 4.33. The lowest BCUT2D eigenvalue weighted by molar-refractivity contribution is 0.0626. The van der Waals surface area contributed by atoms with Crippen LogP contribution >= 0.6 is 22.7 Å². The van der Waals surface area contributed by atoms with Crippen LogP contribution in [-0.2, 0) is 7.05 Å². The third kappa shape index (κ3) is 2.92. The van der Waals surface area contributed by atoms with Gasteiger partial charge in [0.25, 0.3) is 5.91 Å². The summed E-state index contributed by atoms with van der Waals surface area (Å²) in [5, 5.41) is 4.33. The highest BCUT2D eigenvalue weighted by atomic mass is 32.1. The van der Waals surface area contributed by atoms with Crippen molar-refractivity contribution in [2.24, 2.45) is 7.05 Å². The zero-order valence-electron chi connectivity index (χ0n) is 14.4. The van der Waals surface area contributed by atoms with Crippen LogP contribution in [0.4, 0.5) is 5.13 Å². The first-order valence-electron chi connectivity index (χ1n) is 8.11. The van der Waals surface area contributed by atoms with Crippen LogP contribution in [0.1, 0.15) is 21.5 Å². The lowest BCUT2D eigenvalue weighted by Crippen LogP contribution is -2.49. The summed E-state index contributed by atoms with van der Waals surface area (Å²) in [5.41, 5.74) is 0.